The highest BCUT2D eigenvalue weighted by atomic mass is 32.2. The molecule has 0 aliphatic heterocycles. The predicted molar refractivity (Wildman–Crippen MR) is 68.6 cm³/mol. The van der Waals surface area contributed by atoms with Crippen molar-refractivity contribution in [2.45, 2.75) is 11.6 Å². The van der Waals surface area contributed by atoms with Gasteiger partial charge in [0.2, 0.25) is 0 Å². The summed E-state index contributed by atoms with van der Waals surface area (Å²) in [7, 11) is 1.57. The number of nitrogens with zero attached hydrogens (tertiary/aromatic N) is 2. The summed E-state index contributed by atoms with van der Waals surface area (Å²) in [6.07, 6.45) is 0. The number of carboxylic acid groups (broad SMARTS) is 1. The molecule has 5 nitrogen and oxygen atoms in total. The van der Waals surface area contributed by atoms with Gasteiger partial charge in [0, 0.05) is 12.5 Å². The van der Waals surface area contributed by atoms with E-state index >= 15 is 0 Å². The van der Waals surface area contributed by atoms with E-state index < -0.39 is 5.97 Å². The van der Waals surface area contributed by atoms with Gasteiger partial charge in [0.05, 0.1) is 11.3 Å². The van der Waals surface area contributed by atoms with Crippen LogP contribution in [-0.4, -0.2) is 33.9 Å². The van der Waals surface area contributed by atoms with Gasteiger partial charge in [-0.3, -0.25) is 4.79 Å². The Labute approximate surface area is 108 Å². The van der Waals surface area contributed by atoms with Gasteiger partial charge in [-0.25, -0.2) is 9.97 Å². The van der Waals surface area contributed by atoms with Gasteiger partial charge < -0.3 is 9.84 Å². The Kier molecular flexibility index (Phi) is 4.11. The van der Waals surface area contributed by atoms with Crippen molar-refractivity contribution < 1.29 is 14.6 Å². The summed E-state index contributed by atoms with van der Waals surface area (Å²) in [6.45, 7) is 0.311. The van der Waals surface area contributed by atoms with Gasteiger partial charge in [-0.05, 0) is 6.07 Å². The molecule has 1 heterocycles. The number of hydrogen-bond acceptors (Lipinski definition) is 5. The summed E-state index contributed by atoms with van der Waals surface area (Å²) in [5.74, 6) is -0.326. The lowest BCUT2D eigenvalue weighted by Gasteiger charge is -2.06. The van der Waals surface area contributed by atoms with E-state index in [1.165, 1.54) is 11.8 Å². The van der Waals surface area contributed by atoms with Crippen LogP contribution in [0, 0.1) is 0 Å². The fraction of sp³-hybridized carbons (Fsp3) is 0.250. The number of rotatable bonds is 5. The first-order valence-electron chi connectivity index (χ1n) is 5.30. The average Bonchev–Trinajstić information content (AvgIpc) is 2.36. The Morgan fingerprint density at radius 1 is 1.39 bits per heavy atom. The first-order valence-corrected chi connectivity index (χ1v) is 6.28. The molecule has 0 amide bonds. The standard InChI is InChI=1S/C12H12N2O3S/c1-17-6-10-13-9-5-3-2-4-8(9)12(14-10)18-7-11(15)16/h2-5H,6-7H2,1H3,(H,15,16). The number of thioether (sulfide) groups is 1. The summed E-state index contributed by atoms with van der Waals surface area (Å²) >= 11 is 1.19. The van der Waals surface area contributed by atoms with Crippen LogP contribution in [0.3, 0.4) is 0 Å². The molecule has 0 fully saturated rings. The molecule has 0 aliphatic rings. The second kappa shape index (κ2) is 5.79. The quantitative estimate of drug-likeness (QED) is 0.657. The zero-order chi connectivity index (χ0) is 13.0. The van der Waals surface area contributed by atoms with Gasteiger partial charge >= 0.3 is 5.97 Å². The topological polar surface area (TPSA) is 72.3 Å². The van der Waals surface area contributed by atoms with Crippen molar-refractivity contribution in [1.82, 2.24) is 9.97 Å². The van der Waals surface area contributed by atoms with Crippen LogP contribution in [0.2, 0.25) is 0 Å². The maximum atomic E-state index is 10.6. The number of aromatic nitrogens is 2. The monoisotopic (exact) mass is 264 g/mol. The van der Waals surface area contributed by atoms with Crippen molar-refractivity contribution in [3.63, 3.8) is 0 Å². The SMILES string of the molecule is COCc1nc(SCC(=O)O)c2ccccc2n1. The van der Waals surface area contributed by atoms with Gasteiger partial charge in [0.15, 0.2) is 5.82 Å². The first-order chi connectivity index (χ1) is 8.70. The number of benzene rings is 1. The molecule has 0 saturated heterocycles. The van der Waals surface area contributed by atoms with E-state index in [-0.39, 0.29) is 5.75 Å². The zero-order valence-electron chi connectivity index (χ0n) is 9.79. The number of aliphatic carboxylic acids is 1. The number of hydrogen-bond donors (Lipinski definition) is 1. The summed E-state index contributed by atoms with van der Waals surface area (Å²) in [4.78, 5) is 19.3. The molecule has 0 saturated carbocycles. The highest BCUT2D eigenvalue weighted by molar-refractivity contribution is 8.00. The zero-order valence-corrected chi connectivity index (χ0v) is 10.6. The second-order valence-corrected chi connectivity index (χ2v) is 4.54. The number of fused-ring (bicyclic) bond motifs is 1. The number of methoxy groups -OCH3 is 1. The molecule has 1 N–H and O–H groups in total. The summed E-state index contributed by atoms with van der Waals surface area (Å²) in [6, 6.07) is 7.53. The molecule has 0 atom stereocenters. The van der Waals surface area contributed by atoms with Gasteiger partial charge in [-0.2, -0.15) is 0 Å². The molecule has 0 bridgehead atoms. The van der Waals surface area contributed by atoms with E-state index in [1.807, 2.05) is 24.3 Å². The first kappa shape index (κ1) is 12.8. The summed E-state index contributed by atoms with van der Waals surface area (Å²) in [5, 5.41) is 10.3. The maximum absolute atomic E-state index is 10.6. The largest absolute Gasteiger partial charge is 0.481 e. The fourth-order valence-corrected chi connectivity index (χ4v) is 2.29. The van der Waals surface area contributed by atoms with E-state index in [9.17, 15) is 4.79 Å². The highest BCUT2D eigenvalue weighted by Gasteiger charge is 2.09. The predicted octanol–water partition coefficient (Wildman–Crippen LogP) is 1.95. The van der Waals surface area contributed by atoms with E-state index in [4.69, 9.17) is 9.84 Å². The molecule has 0 spiro atoms. The number of ether oxygens (including phenoxy) is 1. The van der Waals surface area contributed by atoms with E-state index in [1.54, 1.807) is 7.11 Å². The minimum absolute atomic E-state index is 0.0204. The summed E-state index contributed by atoms with van der Waals surface area (Å²) < 4.78 is 5.01. The van der Waals surface area contributed by atoms with E-state index in [0.717, 1.165) is 10.9 Å². The third-order valence-corrected chi connectivity index (χ3v) is 3.20. The van der Waals surface area contributed by atoms with Gasteiger partial charge in [-0.1, -0.05) is 30.0 Å². The van der Waals surface area contributed by atoms with Crippen LogP contribution in [0.25, 0.3) is 10.9 Å². The molecule has 6 heteroatoms. The molecular weight excluding hydrogens is 252 g/mol. The van der Waals surface area contributed by atoms with Crippen LogP contribution >= 0.6 is 11.8 Å². The molecule has 2 rings (SSSR count). The van der Waals surface area contributed by atoms with Crippen LogP contribution in [0.5, 0.6) is 0 Å². The Hall–Kier alpha value is -1.66. The molecule has 0 aliphatic carbocycles. The van der Waals surface area contributed by atoms with Crippen molar-refractivity contribution in [2.24, 2.45) is 0 Å². The van der Waals surface area contributed by atoms with Crippen LogP contribution in [0.1, 0.15) is 5.82 Å². The highest BCUT2D eigenvalue weighted by Crippen LogP contribution is 2.25. The third kappa shape index (κ3) is 2.96. The van der Waals surface area contributed by atoms with Gasteiger partial charge in [0.25, 0.3) is 0 Å². The Balaban J connectivity index is 2.43. The second-order valence-electron chi connectivity index (χ2n) is 3.58. The lowest BCUT2D eigenvalue weighted by atomic mass is 10.2. The van der Waals surface area contributed by atoms with Crippen LogP contribution in [-0.2, 0) is 16.1 Å². The van der Waals surface area contributed by atoms with Crippen LogP contribution < -0.4 is 0 Å². The van der Waals surface area contributed by atoms with Gasteiger partial charge in [-0.15, -0.1) is 0 Å². The van der Waals surface area contributed by atoms with Crippen LogP contribution in [0.15, 0.2) is 29.3 Å². The van der Waals surface area contributed by atoms with Crippen molar-refractivity contribution in [2.75, 3.05) is 12.9 Å². The van der Waals surface area contributed by atoms with Gasteiger partial charge in [0.1, 0.15) is 11.6 Å². The Morgan fingerprint density at radius 3 is 2.89 bits per heavy atom. The lowest BCUT2D eigenvalue weighted by molar-refractivity contribution is -0.133. The number of carboxylic acids is 1. The molecule has 0 unspecified atom stereocenters. The van der Waals surface area contributed by atoms with E-state index in [2.05, 4.69) is 9.97 Å². The molecule has 18 heavy (non-hydrogen) atoms. The maximum Gasteiger partial charge on any atom is 0.313 e. The van der Waals surface area contributed by atoms with Crippen LogP contribution in [0.4, 0.5) is 0 Å². The molecule has 94 valence electrons. The van der Waals surface area contributed by atoms with Crippen molar-refractivity contribution >= 4 is 28.6 Å². The molecule has 0 radical (unpaired) electrons. The Bertz CT molecular complexity index is 574. The molecule has 2 aromatic rings. The molecular formula is C12H12N2O3S. The normalized spacial score (nSPS) is 10.7. The lowest BCUT2D eigenvalue weighted by Crippen LogP contribution is -2.02. The molecule has 1 aromatic carbocycles. The van der Waals surface area contributed by atoms with Crippen molar-refractivity contribution in [3.05, 3.63) is 30.1 Å². The average molecular weight is 264 g/mol. The Morgan fingerprint density at radius 2 is 2.17 bits per heavy atom. The fourth-order valence-electron chi connectivity index (χ4n) is 1.53. The number of para-hydroxylation sites is 1. The minimum Gasteiger partial charge on any atom is -0.481 e. The van der Waals surface area contributed by atoms with E-state index in [0.29, 0.717) is 17.5 Å². The molecule has 1 aromatic heterocycles. The van der Waals surface area contributed by atoms with Crippen molar-refractivity contribution in [1.29, 1.82) is 0 Å². The third-order valence-electron chi connectivity index (χ3n) is 2.22. The van der Waals surface area contributed by atoms with Crippen molar-refractivity contribution in [3.8, 4) is 0 Å². The minimum atomic E-state index is -0.865. The number of carbonyl (C=O) groups is 1. The summed E-state index contributed by atoms with van der Waals surface area (Å²) in [5.41, 5.74) is 0.799. The smallest absolute Gasteiger partial charge is 0.313 e.